The number of carboxylic acids is 1. The van der Waals surface area contributed by atoms with Crippen molar-refractivity contribution in [3.63, 3.8) is 0 Å². The molecule has 30 heavy (non-hydrogen) atoms. The summed E-state index contributed by atoms with van der Waals surface area (Å²) in [4.78, 5) is 48.6. The zero-order valence-corrected chi connectivity index (χ0v) is 17.1. The van der Waals surface area contributed by atoms with Gasteiger partial charge in [-0.15, -0.1) is 11.8 Å². The smallest absolute Gasteiger partial charge is 0.352 e. The van der Waals surface area contributed by atoms with Crippen LogP contribution in [-0.4, -0.2) is 64.6 Å². The van der Waals surface area contributed by atoms with Crippen molar-refractivity contribution in [2.24, 2.45) is 0 Å². The van der Waals surface area contributed by atoms with Crippen LogP contribution in [0.4, 0.5) is 0 Å². The van der Waals surface area contributed by atoms with Gasteiger partial charge in [-0.25, -0.2) is 4.79 Å². The lowest BCUT2D eigenvalue weighted by atomic mass is 10.0. The van der Waals surface area contributed by atoms with Crippen molar-refractivity contribution in [2.45, 2.75) is 18.3 Å². The summed E-state index contributed by atoms with van der Waals surface area (Å²) in [5, 5.41) is 11.6. The highest BCUT2D eigenvalue weighted by atomic mass is 32.2. The minimum Gasteiger partial charge on any atom is -0.497 e. The third-order valence-corrected chi connectivity index (χ3v) is 5.86. The molecule has 0 bridgehead atoms. The fourth-order valence-electron chi connectivity index (χ4n) is 3.10. The number of thioether (sulfide) groups is 1. The van der Waals surface area contributed by atoms with Gasteiger partial charge in [-0.05, 0) is 23.8 Å². The number of hydrogen-bond acceptors (Lipinski definition) is 7. The van der Waals surface area contributed by atoms with E-state index in [2.05, 4.69) is 5.32 Å². The molecule has 0 spiro atoms. The van der Waals surface area contributed by atoms with Crippen LogP contribution in [0.2, 0.25) is 0 Å². The Kier molecular flexibility index (Phi) is 6.46. The van der Waals surface area contributed by atoms with Gasteiger partial charge in [0.1, 0.15) is 29.5 Å². The molecule has 1 aromatic carbocycles. The summed E-state index contributed by atoms with van der Waals surface area (Å²) in [5.74, 6) is -1.88. The molecule has 158 valence electrons. The highest BCUT2D eigenvalue weighted by molar-refractivity contribution is 8.00. The molecule has 0 aliphatic carbocycles. The highest BCUT2D eigenvalue weighted by Crippen LogP contribution is 2.40. The van der Waals surface area contributed by atoms with Gasteiger partial charge in [0.15, 0.2) is 0 Å². The van der Waals surface area contributed by atoms with E-state index in [4.69, 9.17) is 9.47 Å². The molecule has 1 saturated heterocycles. The number of carbonyl (C=O) groups excluding carboxylic acids is 3. The van der Waals surface area contributed by atoms with Crippen LogP contribution in [0.25, 0.3) is 6.08 Å². The number of nitrogens with zero attached hydrogens (tertiary/aromatic N) is 1. The van der Waals surface area contributed by atoms with Crippen molar-refractivity contribution in [1.82, 2.24) is 10.2 Å². The third-order valence-electron chi connectivity index (χ3n) is 4.52. The second-order valence-corrected chi connectivity index (χ2v) is 7.65. The van der Waals surface area contributed by atoms with E-state index in [1.165, 1.54) is 24.8 Å². The molecule has 10 heteroatoms. The SMILES string of the molecule is COc1cccc(/C=C/C(=O)N[C@@H]2C(=O)N3C(C(=O)O)=C(COC(C)=O)CS[C@H]23)c1. The Morgan fingerprint density at radius 2 is 2.13 bits per heavy atom. The minimum absolute atomic E-state index is 0.192. The van der Waals surface area contributed by atoms with Crippen molar-refractivity contribution in [3.8, 4) is 5.75 Å². The molecular weight excluding hydrogens is 412 g/mol. The fraction of sp³-hybridized carbons (Fsp3) is 0.300. The largest absolute Gasteiger partial charge is 0.497 e. The highest BCUT2D eigenvalue weighted by Gasteiger charge is 2.54. The van der Waals surface area contributed by atoms with Crippen LogP contribution >= 0.6 is 11.8 Å². The first-order chi connectivity index (χ1) is 14.3. The molecule has 0 unspecified atom stereocenters. The van der Waals surface area contributed by atoms with Crippen LogP contribution in [0.1, 0.15) is 12.5 Å². The van der Waals surface area contributed by atoms with Gasteiger partial charge >= 0.3 is 11.9 Å². The lowest BCUT2D eigenvalue weighted by Crippen LogP contribution is -2.70. The number of carbonyl (C=O) groups is 4. The van der Waals surface area contributed by atoms with E-state index in [9.17, 15) is 24.3 Å². The maximum Gasteiger partial charge on any atom is 0.352 e. The normalized spacial score (nSPS) is 20.5. The van der Waals surface area contributed by atoms with E-state index in [1.54, 1.807) is 37.5 Å². The Bertz CT molecular complexity index is 956. The predicted molar refractivity (Wildman–Crippen MR) is 108 cm³/mol. The second-order valence-electron chi connectivity index (χ2n) is 6.54. The number of ether oxygens (including phenoxy) is 2. The van der Waals surface area contributed by atoms with E-state index in [0.717, 1.165) is 10.5 Å². The van der Waals surface area contributed by atoms with Gasteiger partial charge in [-0.2, -0.15) is 0 Å². The topological polar surface area (TPSA) is 122 Å². The van der Waals surface area contributed by atoms with Crippen LogP contribution in [0, 0.1) is 0 Å². The summed E-state index contributed by atoms with van der Waals surface area (Å²) < 4.78 is 10.0. The number of methoxy groups -OCH3 is 1. The molecule has 0 saturated carbocycles. The number of β-lactam (4-membered cyclic amide) rings is 1. The molecule has 2 aliphatic rings. The summed E-state index contributed by atoms with van der Waals surface area (Å²) in [7, 11) is 1.54. The van der Waals surface area contributed by atoms with Gasteiger partial charge in [0.2, 0.25) is 5.91 Å². The Balaban J connectivity index is 1.67. The lowest BCUT2D eigenvalue weighted by molar-refractivity contribution is -0.150. The first kappa shape index (κ1) is 21.4. The van der Waals surface area contributed by atoms with Gasteiger partial charge in [-0.3, -0.25) is 19.3 Å². The second kappa shape index (κ2) is 9.04. The van der Waals surface area contributed by atoms with Crippen LogP contribution < -0.4 is 10.1 Å². The quantitative estimate of drug-likeness (QED) is 0.372. The van der Waals surface area contributed by atoms with Crippen LogP contribution in [0.3, 0.4) is 0 Å². The molecule has 1 aromatic rings. The molecule has 1 fully saturated rings. The summed E-state index contributed by atoms with van der Waals surface area (Å²) in [6.07, 6.45) is 2.89. The zero-order chi connectivity index (χ0) is 21.8. The number of hydrogen-bond donors (Lipinski definition) is 2. The van der Waals surface area contributed by atoms with Gasteiger partial charge < -0.3 is 19.9 Å². The Hall–Kier alpha value is -3.27. The zero-order valence-electron chi connectivity index (χ0n) is 16.3. The number of aliphatic carboxylic acids is 1. The van der Waals surface area contributed by atoms with Crippen LogP contribution in [0.5, 0.6) is 5.75 Å². The van der Waals surface area contributed by atoms with E-state index >= 15 is 0 Å². The minimum atomic E-state index is -1.28. The molecule has 2 atom stereocenters. The molecule has 0 aromatic heterocycles. The molecule has 2 amide bonds. The van der Waals surface area contributed by atoms with Gasteiger partial charge in [0.25, 0.3) is 5.91 Å². The monoisotopic (exact) mass is 432 g/mol. The molecule has 9 nitrogen and oxygen atoms in total. The lowest BCUT2D eigenvalue weighted by Gasteiger charge is -2.49. The maximum absolute atomic E-state index is 12.5. The average Bonchev–Trinajstić information content (AvgIpc) is 2.73. The summed E-state index contributed by atoms with van der Waals surface area (Å²) in [6, 6.07) is 6.29. The van der Waals surface area contributed by atoms with Gasteiger partial charge in [-0.1, -0.05) is 12.1 Å². The molecular formula is C20H20N2O7S. The number of benzene rings is 1. The summed E-state index contributed by atoms with van der Waals surface area (Å²) >= 11 is 1.30. The number of esters is 1. The number of nitrogens with one attached hydrogen (secondary N) is 1. The molecule has 2 N–H and O–H groups in total. The summed E-state index contributed by atoms with van der Waals surface area (Å²) in [6.45, 7) is 1.03. The van der Waals surface area contributed by atoms with Crippen LogP contribution in [0.15, 0.2) is 41.6 Å². The fourth-order valence-corrected chi connectivity index (χ4v) is 4.43. The Morgan fingerprint density at radius 1 is 1.37 bits per heavy atom. The first-order valence-corrected chi connectivity index (χ1v) is 10.0. The van der Waals surface area contributed by atoms with Gasteiger partial charge in [0, 0.05) is 24.3 Å². The van der Waals surface area contributed by atoms with E-state index in [0.29, 0.717) is 11.3 Å². The molecule has 3 rings (SSSR count). The molecule has 2 heterocycles. The van der Waals surface area contributed by atoms with Gasteiger partial charge in [0.05, 0.1) is 7.11 Å². The number of fused-ring (bicyclic) bond motifs is 1. The third kappa shape index (κ3) is 4.48. The number of amides is 2. The van der Waals surface area contributed by atoms with Crippen molar-refractivity contribution in [2.75, 3.05) is 19.5 Å². The first-order valence-electron chi connectivity index (χ1n) is 8.97. The van der Waals surface area contributed by atoms with Crippen molar-refractivity contribution in [1.29, 1.82) is 0 Å². The average molecular weight is 432 g/mol. The van der Waals surface area contributed by atoms with E-state index in [1.807, 2.05) is 0 Å². The molecule has 2 aliphatic heterocycles. The van der Waals surface area contributed by atoms with Crippen molar-refractivity contribution < 1.29 is 33.8 Å². The standard InChI is InChI=1S/C20H20N2O7S/c1-11(23)29-9-13-10-30-19-16(18(25)22(19)17(13)20(26)27)21-15(24)7-6-12-4-3-5-14(8-12)28-2/h3-8,16,19H,9-10H2,1-2H3,(H,21,24)(H,26,27)/b7-6+/t16-,19-/m1/s1. The number of rotatable bonds is 7. The van der Waals surface area contributed by atoms with Crippen molar-refractivity contribution in [3.05, 3.63) is 47.2 Å². The van der Waals surface area contributed by atoms with E-state index in [-0.39, 0.29) is 18.1 Å². The predicted octanol–water partition coefficient (Wildman–Crippen LogP) is 1.01. The Labute approximate surface area is 176 Å². The van der Waals surface area contributed by atoms with E-state index < -0.39 is 35.2 Å². The summed E-state index contributed by atoms with van der Waals surface area (Å²) in [5.41, 5.74) is 0.904. The van der Waals surface area contributed by atoms with Crippen LogP contribution in [-0.2, 0) is 23.9 Å². The Morgan fingerprint density at radius 3 is 2.80 bits per heavy atom. The molecule has 0 radical (unpaired) electrons. The number of carboxylic acid groups (broad SMARTS) is 1. The maximum atomic E-state index is 12.5. The van der Waals surface area contributed by atoms with Crippen molar-refractivity contribution >= 4 is 41.6 Å².